The van der Waals surface area contributed by atoms with Crippen LogP contribution in [-0.4, -0.2) is 71.1 Å². The van der Waals surface area contributed by atoms with Crippen molar-refractivity contribution in [2.24, 2.45) is 0 Å². The van der Waals surface area contributed by atoms with Gasteiger partial charge in [-0.05, 0) is 53.9 Å². The summed E-state index contributed by atoms with van der Waals surface area (Å²) < 4.78 is 0. The monoisotopic (exact) mass is 567 g/mol. The van der Waals surface area contributed by atoms with Crippen molar-refractivity contribution < 1.29 is 9.59 Å². The van der Waals surface area contributed by atoms with Crippen molar-refractivity contribution in [3.05, 3.63) is 102 Å². The van der Waals surface area contributed by atoms with E-state index in [-0.39, 0.29) is 18.4 Å². The number of nitrogens with zero attached hydrogens (tertiary/aromatic N) is 5. The molecule has 0 bridgehead atoms. The SMILES string of the molecule is CCCCN(CC(=O)N1CCN(c2ccc(-c3ccc(-c4ccccc4)cc3)nn2)CC1)C(=O)c1ccc(Cl)cc1. The van der Waals surface area contributed by atoms with Crippen molar-refractivity contribution in [1.29, 1.82) is 0 Å². The summed E-state index contributed by atoms with van der Waals surface area (Å²) in [6, 6.07) is 29.4. The van der Waals surface area contributed by atoms with Crippen LogP contribution < -0.4 is 4.90 Å². The molecule has 1 fully saturated rings. The fraction of sp³-hybridized carbons (Fsp3) is 0.273. The lowest BCUT2D eigenvalue weighted by molar-refractivity contribution is -0.132. The molecular weight excluding hydrogens is 534 g/mol. The molecule has 0 aliphatic carbocycles. The molecule has 0 saturated carbocycles. The van der Waals surface area contributed by atoms with Crippen LogP contribution in [0.4, 0.5) is 5.82 Å². The number of anilines is 1. The minimum atomic E-state index is -0.146. The molecule has 0 spiro atoms. The topological polar surface area (TPSA) is 69.6 Å². The summed E-state index contributed by atoms with van der Waals surface area (Å²) in [7, 11) is 0. The van der Waals surface area contributed by atoms with Gasteiger partial charge in [0.05, 0.1) is 5.69 Å². The van der Waals surface area contributed by atoms with Gasteiger partial charge < -0.3 is 14.7 Å². The maximum atomic E-state index is 13.2. The highest BCUT2D eigenvalue weighted by atomic mass is 35.5. The third-order valence-electron chi connectivity index (χ3n) is 7.38. The van der Waals surface area contributed by atoms with Gasteiger partial charge in [0.2, 0.25) is 5.91 Å². The van der Waals surface area contributed by atoms with Gasteiger partial charge in [-0.2, -0.15) is 0 Å². The summed E-state index contributed by atoms with van der Waals surface area (Å²) in [5.41, 5.74) is 4.71. The number of amides is 2. The van der Waals surface area contributed by atoms with E-state index in [4.69, 9.17) is 11.6 Å². The van der Waals surface area contributed by atoms with E-state index >= 15 is 0 Å². The van der Waals surface area contributed by atoms with Gasteiger partial charge in [-0.15, -0.1) is 10.2 Å². The van der Waals surface area contributed by atoms with Gasteiger partial charge >= 0.3 is 0 Å². The Bertz CT molecular complexity index is 1440. The number of carbonyl (C=O) groups is 2. The molecule has 2 heterocycles. The molecule has 210 valence electrons. The first-order valence-electron chi connectivity index (χ1n) is 14.1. The molecule has 8 heteroatoms. The Morgan fingerprint density at radius 1 is 0.780 bits per heavy atom. The molecule has 41 heavy (non-hydrogen) atoms. The summed E-state index contributed by atoms with van der Waals surface area (Å²) in [6.07, 6.45) is 1.78. The molecule has 5 rings (SSSR count). The molecule has 1 saturated heterocycles. The second-order valence-electron chi connectivity index (χ2n) is 10.2. The van der Waals surface area contributed by atoms with Gasteiger partial charge in [-0.1, -0.05) is 79.5 Å². The summed E-state index contributed by atoms with van der Waals surface area (Å²) in [5, 5.41) is 9.54. The van der Waals surface area contributed by atoms with Crippen LogP contribution in [0.25, 0.3) is 22.4 Å². The van der Waals surface area contributed by atoms with E-state index < -0.39 is 0 Å². The van der Waals surface area contributed by atoms with E-state index in [9.17, 15) is 9.59 Å². The summed E-state index contributed by atoms with van der Waals surface area (Å²) in [6.45, 7) is 5.14. The van der Waals surface area contributed by atoms with Gasteiger partial charge in [0.15, 0.2) is 5.82 Å². The Hall–Kier alpha value is -4.23. The summed E-state index contributed by atoms with van der Waals surface area (Å²) in [4.78, 5) is 31.9. The molecule has 7 nitrogen and oxygen atoms in total. The average molecular weight is 568 g/mol. The predicted octanol–water partition coefficient (Wildman–Crippen LogP) is 6.06. The van der Waals surface area contributed by atoms with Crippen molar-refractivity contribution in [2.75, 3.05) is 44.2 Å². The molecule has 3 aromatic carbocycles. The molecule has 0 unspecified atom stereocenters. The number of rotatable bonds is 9. The Balaban J connectivity index is 1.16. The highest BCUT2D eigenvalue weighted by Gasteiger charge is 2.26. The third kappa shape index (κ3) is 7.11. The molecule has 0 radical (unpaired) electrons. The first kappa shape index (κ1) is 28.3. The van der Waals surface area contributed by atoms with Crippen molar-refractivity contribution in [1.82, 2.24) is 20.0 Å². The van der Waals surface area contributed by atoms with Crippen LogP contribution in [0.5, 0.6) is 0 Å². The number of halogens is 1. The van der Waals surface area contributed by atoms with E-state index in [1.54, 1.807) is 29.2 Å². The quantitative estimate of drug-likeness (QED) is 0.246. The first-order chi connectivity index (χ1) is 20.0. The number of piperazine rings is 1. The van der Waals surface area contributed by atoms with Gasteiger partial charge in [0.25, 0.3) is 5.91 Å². The van der Waals surface area contributed by atoms with Crippen molar-refractivity contribution in [2.45, 2.75) is 19.8 Å². The Morgan fingerprint density at radius 2 is 1.44 bits per heavy atom. The third-order valence-corrected chi connectivity index (χ3v) is 7.63. The van der Waals surface area contributed by atoms with E-state index in [0.717, 1.165) is 35.5 Å². The van der Waals surface area contributed by atoms with Crippen LogP contribution in [0.3, 0.4) is 0 Å². The number of aromatic nitrogens is 2. The zero-order valence-electron chi connectivity index (χ0n) is 23.2. The van der Waals surface area contributed by atoms with Crippen LogP contribution >= 0.6 is 11.6 Å². The highest BCUT2D eigenvalue weighted by Crippen LogP contribution is 2.24. The lowest BCUT2D eigenvalue weighted by Crippen LogP contribution is -2.52. The molecule has 1 aliphatic rings. The minimum absolute atomic E-state index is 0.0385. The molecular formula is C33H34ClN5O2. The second-order valence-corrected chi connectivity index (χ2v) is 10.6. The average Bonchev–Trinajstić information content (AvgIpc) is 3.03. The van der Waals surface area contributed by atoms with E-state index in [1.807, 2.05) is 35.2 Å². The number of hydrogen-bond donors (Lipinski definition) is 0. The molecule has 4 aromatic rings. The van der Waals surface area contributed by atoms with Gasteiger partial charge in [0, 0.05) is 48.9 Å². The lowest BCUT2D eigenvalue weighted by atomic mass is 10.0. The predicted molar refractivity (Wildman–Crippen MR) is 164 cm³/mol. The molecule has 0 atom stereocenters. The molecule has 1 aromatic heterocycles. The van der Waals surface area contributed by atoms with Gasteiger partial charge in [-0.3, -0.25) is 9.59 Å². The second kappa shape index (κ2) is 13.4. The minimum Gasteiger partial charge on any atom is -0.352 e. The Kier molecular flexibility index (Phi) is 9.26. The van der Waals surface area contributed by atoms with E-state index in [2.05, 4.69) is 58.4 Å². The van der Waals surface area contributed by atoms with Crippen LogP contribution in [0.2, 0.25) is 5.02 Å². The standard InChI is InChI=1S/C33H34ClN5O2/c1-2-3-19-39(33(41)28-13-15-29(34)16-14-28)24-32(40)38-22-20-37(21-23-38)31-18-17-30(35-36-31)27-11-9-26(10-12-27)25-7-5-4-6-8-25/h4-18H,2-3,19-24H2,1H3. The molecule has 0 N–H and O–H groups in total. The fourth-order valence-corrected chi connectivity index (χ4v) is 5.06. The van der Waals surface area contributed by atoms with Crippen LogP contribution in [0, 0.1) is 0 Å². The van der Waals surface area contributed by atoms with Gasteiger partial charge in [-0.25, -0.2) is 0 Å². The number of benzene rings is 3. The first-order valence-corrected chi connectivity index (χ1v) is 14.5. The Labute approximate surface area is 246 Å². The van der Waals surface area contributed by atoms with E-state index in [1.165, 1.54) is 5.56 Å². The summed E-state index contributed by atoms with van der Waals surface area (Å²) >= 11 is 5.98. The Morgan fingerprint density at radius 3 is 2.07 bits per heavy atom. The van der Waals surface area contributed by atoms with E-state index in [0.29, 0.717) is 43.3 Å². The van der Waals surface area contributed by atoms with Gasteiger partial charge in [0.1, 0.15) is 6.54 Å². The maximum absolute atomic E-state index is 13.2. The van der Waals surface area contributed by atoms with Crippen molar-refractivity contribution in [3.63, 3.8) is 0 Å². The normalized spacial score (nSPS) is 13.2. The zero-order chi connectivity index (χ0) is 28.6. The van der Waals surface area contributed by atoms with Crippen LogP contribution in [-0.2, 0) is 4.79 Å². The highest BCUT2D eigenvalue weighted by molar-refractivity contribution is 6.30. The fourth-order valence-electron chi connectivity index (χ4n) is 4.94. The lowest BCUT2D eigenvalue weighted by Gasteiger charge is -2.36. The van der Waals surface area contributed by atoms with Crippen molar-refractivity contribution in [3.8, 4) is 22.4 Å². The maximum Gasteiger partial charge on any atom is 0.254 e. The number of unbranched alkanes of at least 4 members (excludes halogenated alkanes) is 1. The van der Waals surface area contributed by atoms with Crippen molar-refractivity contribution >= 4 is 29.2 Å². The molecule has 1 aliphatic heterocycles. The zero-order valence-corrected chi connectivity index (χ0v) is 24.0. The smallest absolute Gasteiger partial charge is 0.254 e. The summed E-state index contributed by atoms with van der Waals surface area (Å²) in [5.74, 6) is 0.611. The number of hydrogen-bond acceptors (Lipinski definition) is 5. The molecule has 2 amide bonds. The van der Waals surface area contributed by atoms with Crippen LogP contribution in [0.15, 0.2) is 91.0 Å². The number of carbonyl (C=O) groups excluding carboxylic acids is 2. The van der Waals surface area contributed by atoms with Crippen LogP contribution in [0.1, 0.15) is 30.1 Å². The largest absolute Gasteiger partial charge is 0.352 e.